The van der Waals surface area contributed by atoms with E-state index in [1.165, 1.54) is 11.3 Å². The normalized spacial score (nSPS) is 23.9. The molecule has 0 bridgehead atoms. The van der Waals surface area contributed by atoms with Gasteiger partial charge in [-0.3, -0.25) is 9.89 Å². The maximum absolute atomic E-state index is 14.0. The van der Waals surface area contributed by atoms with Gasteiger partial charge in [-0.25, -0.2) is 22.5 Å². The molecule has 31 heavy (non-hydrogen) atoms. The summed E-state index contributed by atoms with van der Waals surface area (Å²) in [6.45, 7) is 3.98. The lowest BCUT2D eigenvalue weighted by atomic mass is 9.97. The summed E-state index contributed by atoms with van der Waals surface area (Å²) in [5, 5.41) is 14.0. The maximum Gasteiger partial charge on any atom is 0.264 e. The molecule has 1 fully saturated rings. The molecule has 5 nitrogen and oxygen atoms in total. The van der Waals surface area contributed by atoms with Crippen molar-refractivity contribution in [2.45, 2.75) is 50.9 Å². The highest BCUT2D eigenvalue weighted by Gasteiger charge is 2.27. The number of phenols is 1. The molecule has 1 aromatic heterocycles. The highest BCUT2D eigenvalue weighted by Crippen LogP contribution is 2.32. The number of halogens is 4. The summed E-state index contributed by atoms with van der Waals surface area (Å²) in [4.78, 5) is 11.1. The lowest BCUT2D eigenvalue weighted by Crippen LogP contribution is -2.47. The average molecular weight is 457 g/mol. The number of piperidine rings is 1. The van der Waals surface area contributed by atoms with E-state index in [0.29, 0.717) is 30.0 Å². The van der Waals surface area contributed by atoms with E-state index in [4.69, 9.17) is 0 Å². The van der Waals surface area contributed by atoms with E-state index in [-0.39, 0.29) is 18.0 Å². The topological polar surface area (TPSA) is 60.8 Å². The molecule has 3 atom stereocenters. The number of hydrogen-bond acceptors (Lipinski definition) is 6. The first-order valence-electron chi connectivity index (χ1n) is 10.3. The Morgan fingerprint density at radius 3 is 2.87 bits per heavy atom. The second-order valence-corrected chi connectivity index (χ2v) is 8.98. The number of aromatic nitrogens is 1. The number of aromatic hydroxyl groups is 1. The molecule has 0 aliphatic carbocycles. The molecule has 2 aromatic rings. The molecule has 10 heteroatoms. The third-order valence-electron chi connectivity index (χ3n) is 5.67. The Morgan fingerprint density at radius 2 is 2.13 bits per heavy atom. The van der Waals surface area contributed by atoms with E-state index in [2.05, 4.69) is 20.2 Å². The Morgan fingerprint density at radius 1 is 1.32 bits per heavy atom. The van der Waals surface area contributed by atoms with Crippen LogP contribution in [0.5, 0.6) is 5.75 Å². The van der Waals surface area contributed by atoms with Crippen LogP contribution in [0.2, 0.25) is 0 Å². The van der Waals surface area contributed by atoms with Crippen LogP contribution in [0.1, 0.15) is 37.3 Å². The average Bonchev–Trinajstić information content (AvgIpc) is 3.10. The van der Waals surface area contributed by atoms with E-state index < -0.39 is 35.8 Å². The van der Waals surface area contributed by atoms with Crippen molar-refractivity contribution in [2.75, 3.05) is 25.0 Å². The van der Waals surface area contributed by atoms with Gasteiger partial charge in [0.05, 0.1) is 10.6 Å². The number of likely N-dealkylation sites (N-methyl/N-ethyl adjacent to an activating group) is 1. The van der Waals surface area contributed by atoms with Crippen LogP contribution in [-0.4, -0.2) is 52.9 Å². The third-order valence-corrected chi connectivity index (χ3v) is 6.64. The van der Waals surface area contributed by atoms with Crippen molar-refractivity contribution in [2.24, 2.45) is 4.99 Å². The first-order valence-corrected chi connectivity index (χ1v) is 11.1. The molecule has 2 aliphatic heterocycles. The lowest BCUT2D eigenvalue weighted by molar-refractivity contribution is 0.134. The molecule has 3 heterocycles. The van der Waals surface area contributed by atoms with Crippen LogP contribution in [0.15, 0.2) is 17.1 Å². The number of fused-ring (bicyclic) bond motifs is 1. The van der Waals surface area contributed by atoms with Gasteiger partial charge in [0.2, 0.25) is 0 Å². The van der Waals surface area contributed by atoms with Crippen molar-refractivity contribution >= 4 is 22.5 Å². The minimum absolute atomic E-state index is 0.00595. The Bertz CT molecular complexity index is 1060. The second kappa shape index (κ2) is 9.12. The van der Waals surface area contributed by atoms with Crippen molar-refractivity contribution in [1.29, 1.82) is 0 Å². The molecular formula is C21H24F4N4OS. The number of phenolic OH excluding ortho intramolecular Hbond substituents is 1. The lowest BCUT2D eigenvalue weighted by Gasteiger charge is -2.34. The Kier molecular flexibility index (Phi) is 6.47. The fourth-order valence-corrected chi connectivity index (χ4v) is 5.10. The predicted octanol–water partition coefficient (Wildman–Crippen LogP) is 3.18. The Labute approximate surface area is 181 Å². The fourth-order valence-electron chi connectivity index (χ4n) is 4.17. The predicted molar refractivity (Wildman–Crippen MR) is 112 cm³/mol. The van der Waals surface area contributed by atoms with Crippen LogP contribution in [0.25, 0.3) is 6.08 Å². The Hall–Kier alpha value is -2.20. The summed E-state index contributed by atoms with van der Waals surface area (Å²) in [6.07, 6.45) is -0.867. The molecule has 1 unspecified atom stereocenters. The van der Waals surface area contributed by atoms with Gasteiger partial charge in [-0.1, -0.05) is 24.3 Å². The van der Waals surface area contributed by atoms with Gasteiger partial charge in [-0.05, 0) is 25.5 Å². The zero-order chi connectivity index (χ0) is 22.1. The van der Waals surface area contributed by atoms with E-state index in [9.17, 15) is 22.7 Å². The molecule has 1 saturated heterocycles. The minimum Gasteiger partial charge on any atom is -0.508 e. The minimum atomic E-state index is -2.90. The van der Waals surface area contributed by atoms with Crippen LogP contribution in [0.3, 0.4) is 0 Å². The van der Waals surface area contributed by atoms with E-state index in [1.807, 2.05) is 13.0 Å². The summed E-state index contributed by atoms with van der Waals surface area (Å²) < 4.78 is 54.9. The zero-order valence-electron chi connectivity index (χ0n) is 17.0. The van der Waals surface area contributed by atoms with Gasteiger partial charge in [0, 0.05) is 42.7 Å². The first-order chi connectivity index (χ1) is 14.8. The Balaban J connectivity index is 1.52. The van der Waals surface area contributed by atoms with Crippen molar-refractivity contribution in [3.05, 3.63) is 39.1 Å². The first kappa shape index (κ1) is 22.0. The largest absolute Gasteiger partial charge is 0.508 e. The van der Waals surface area contributed by atoms with Crippen molar-refractivity contribution in [3.8, 4) is 5.75 Å². The van der Waals surface area contributed by atoms with Crippen LogP contribution in [0, 0.1) is 5.82 Å². The molecule has 2 aliphatic rings. The van der Waals surface area contributed by atoms with Crippen molar-refractivity contribution < 1.29 is 22.7 Å². The molecule has 2 N–H and O–H groups in total. The SMILES string of the molecule is CCN1C[C@H](F)C[C@@H](Nc2nc3c(s2)=CCC(Cc2c(O)cc(F)cc2C(F)F)N=3)C1. The van der Waals surface area contributed by atoms with E-state index in [1.54, 1.807) is 0 Å². The molecule has 0 radical (unpaired) electrons. The number of alkyl halides is 3. The highest BCUT2D eigenvalue weighted by atomic mass is 32.1. The number of rotatable bonds is 6. The molecular weight excluding hydrogens is 432 g/mol. The van der Waals surface area contributed by atoms with Gasteiger partial charge >= 0.3 is 0 Å². The molecule has 0 saturated carbocycles. The van der Waals surface area contributed by atoms with Crippen LogP contribution < -0.4 is 15.3 Å². The quantitative estimate of drug-likeness (QED) is 0.656. The van der Waals surface area contributed by atoms with E-state index >= 15 is 0 Å². The summed E-state index contributed by atoms with van der Waals surface area (Å²) in [7, 11) is 0. The number of anilines is 1. The number of thiazole rings is 1. The number of benzene rings is 1. The smallest absolute Gasteiger partial charge is 0.264 e. The maximum atomic E-state index is 14.0. The molecule has 0 spiro atoms. The fraction of sp³-hybridized carbons (Fsp3) is 0.524. The standard InChI is InChI=1S/C21H24F4N4OS/c1-2-29-9-12(23)5-14(10-29)27-21-28-20-18(31-21)4-3-13(26-20)8-15-16(19(24)25)6-11(22)7-17(15)30/h4,6-7,12-14,19,30H,2-3,5,8-10H2,1H3,(H,26,27,28)/t12-,13?,14-/m1/s1. The number of nitrogens with one attached hydrogen (secondary N) is 1. The second-order valence-electron chi connectivity index (χ2n) is 7.95. The van der Waals surface area contributed by atoms with Gasteiger partial charge in [0.1, 0.15) is 17.7 Å². The molecule has 168 valence electrons. The summed E-state index contributed by atoms with van der Waals surface area (Å²) in [6, 6.07) is 1.16. The van der Waals surface area contributed by atoms with Gasteiger partial charge in [-0.15, -0.1) is 0 Å². The van der Waals surface area contributed by atoms with Gasteiger partial charge in [-0.2, -0.15) is 0 Å². The van der Waals surface area contributed by atoms with Crippen LogP contribution in [0.4, 0.5) is 22.7 Å². The number of likely N-dealkylation sites (tertiary alicyclic amines) is 1. The molecule has 0 amide bonds. The van der Waals surface area contributed by atoms with Gasteiger partial charge in [0.15, 0.2) is 10.6 Å². The molecule has 4 rings (SSSR count). The summed E-state index contributed by atoms with van der Waals surface area (Å²) in [5.74, 6) is -1.39. The molecule has 1 aromatic carbocycles. The summed E-state index contributed by atoms with van der Waals surface area (Å²) >= 11 is 1.43. The highest BCUT2D eigenvalue weighted by molar-refractivity contribution is 7.13. The van der Waals surface area contributed by atoms with Crippen molar-refractivity contribution in [1.82, 2.24) is 9.88 Å². The zero-order valence-corrected chi connectivity index (χ0v) is 17.8. The van der Waals surface area contributed by atoms with Crippen LogP contribution >= 0.6 is 11.3 Å². The monoisotopic (exact) mass is 456 g/mol. The van der Waals surface area contributed by atoms with E-state index in [0.717, 1.165) is 29.8 Å². The number of nitrogens with zero attached hydrogens (tertiary/aromatic N) is 3. The number of hydrogen-bond donors (Lipinski definition) is 2. The summed E-state index contributed by atoms with van der Waals surface area (Å²) in [5.41, 5.74) is -0.00647. The van der Waals surface area contributed by atoms with Crippen LogP contribution in [-0.2, 0) is 6.42 Å². The van der Waals surface area contributed by atoms with Gasteiger partial charge in [0.25, 0.3) is 6.43 Å². The van der Waals surface area contributed by atoms with Gasteiger partial charge < -0.3 is 10.4 Å². The van der Waals surface area contributed by atoms with Crippen molar-refractivity contribution in [3.63, 3.8) is 0 Å². The third kappa shape index (κ3) is 5.01.